The Hall–Kier alpha value is -0.570. The molecule has 0 aliphatic heterocycles. The molecule has 0 aromatic carbocycles. The lowest BCUT2D eigenvalue weighted by Gasteiger charge is -2.33. The highest BCUT2D eigenvalue weighted by Crippen LogP contribution is 2.25. The summed E-state index contributed by atoms with van der Waals surface area (Å²) >= 11 is 0. The van der Waals surface area contributed by atoms with Gasteiger partial charge in [-0.25, -0.2) is 0 Å². The van der Waals surface area contributed by atoms with Gasteiger partial charge in [0.25, 0.3) is 0 Å². The van der Waals surface area contributed by atoms with Gasteiger partial charge in [-0.15, -0.1) is 0 Å². The van der Waals surface area contributed by atoms with Gasteiger partial charge < -0.3 is 9.64 Å². The van der Waals surface area contributed by atoms with Crippen LogP contribution < -0.4 is 0 Å². The van der Waals surface area contributed by atoms with Gasteiger partial charge in [-0.3, -0.25) is 4.79 Å². The maximum Gasteiger partial charge on any atom is 0.309 e. The molecule has 0 aromatic rings. The molecule has 3 heteroatoms. The molecule has 0 saturated heterocycles. The molecule has 0 spiro atoms. The number of esters is 1. The van der Waals surface area contributed by atoms with Crippen LogP contribution in [0.5, 0.6) is 0 Å². The van der Waals surface area contributed by atoms with E-state index in [-0.39, 0.29) is 17.9 Å². The van der Waals surface area contributed by atoms with E-state index in [1.165, 1.54) is 39.2 Å². The summed E-state index contributed by atoms with van der Waals surface area (Å²) in [6, 6.07) is 0.254. The third-order valence-electron chi connectivity index (χ3n) is 4.26. The standard InChI is InChI=1S/C14H27NO2/c1-11(14(16)17-4)12(2)15(3)10-13-8-6-5-7-9-13/h11-13H,5-10H2,1-4H3. The summed E-state index contributed by atoms with van der Waals surface area (Å²) in [6.07, 6.45) is 6.85. The highest BCUT2D eigenvalue weighted by molar-refractivity contribution is 5.72. The van der Waals surface area contributed by atoms with Crippen molar-refractivity contribution in [1.82, 2.24) is 4.90 Å². The Kier molecular flexibility index (Phi) is 5.96. The average Bonchev–Trinajstić information content (AvgIpc) is 2.37. The van der Waals surface area contributed by atoms with Crippen LogP contribution in [-0.4, -0.2) is 37.6 Å². The lowest BCUT2D eigenvalue weighted by Crippen LogP contribution is -2.41. The molecule has 1 rings (SSSR count). The van der Waals surface area contributed by atoms with Gasteiger partial charge in [0.15, 0.2) is 0 Å². The fourth-order valence-electron chi connectivity index (χ4n) is 2.71. The van der Waals surface area contributed by atoms with Crippen LogP contribution in [0, 0.1) is 11.8 Å². The van der Waals surface area contributed by atoms with Gasteiger partial charge >= 0.3 is 5.97 Å². The van der Waals surface area contributed by atoms with Crippen LogP contribution in [0.1, 0.15) is 46.0 Å². The normalized spacial score (nSPS) is 21.2. The quantitative estimate of drug-likeness (QED) is 0.693. The van der Waals surface area contributed by atoms with E-state index in [9.17, 15) is 4.79 Å². The zero-order valence-corrected chi connectivity index (χ0v) is 11.7. The molecule has 0 aromatic heterocycles. The van der Waals surface area contributed by atoms with Crippen LogP contribution >= 0.6 is 0 Å². The molecular formula is C14H27NO2. The summed E-state index contributed by atoms with van der Waals surface area (Å²) in [5.74, 6) is 0.669. The largest absolute Gasteiger partial charge is 0.469 e. The predicted octanol–water partition coefficient (Wildman–Crippen LogP) is 2.70. The molecule has 100 valence electrons. The van der Waals surface area contributed by atoms with Gasteiger partial charge in [-0.2, -0.15) is 0 Å². The topological polar surface area (TPSA) is 29.5 Å². The molecule has 3 nitrogen and oxygen atoms in total. The van der Waals surface area contributed by atoms with Crippen LogP contribution in [0.15, 0.2) is 0 Å². The zero-order valence-electron chi connectivity index (χ0n) is 11.7. The Morgan fingerprint density at radius 3 is 2.41 bits per heavy atom. The molecule has 0 N–H and O–H groups in total. The number of carbonyl (C=O) groups is 1. The number of hydrogen-bond donors (Lipinski definition) is 0. The molecule has 2 atom stereocenters. The molecule has 1 aliphatic carbocycles. The van der Waals surface area contributed by atoms with Crippen LogP contribution in [0.25, 0.3) is 0 Å². The van der Waals surface area contributed by atoms with E-state index < -0.39 is 0 Å². The van der Waals surface area contributed by atoms with Gasteiger partial charge in [0, 0.05) is 12.6 Å². The van der Waals surface area contributed by atoms with E-state index in [1.807, 2.05) is 6.92 Å². The maximum absolute atomic E-state index is 11.5. The summed E-state index contributed by atoms with van der Waals surface area (Å²) in [5, 5.41) is 0. The summed E-state index contributed by atoms with van der Waals surface area (Å²) < 4.78 is 4.81. The van der Waals surface area contributed by atoms with Gasteiger partial charge in [0.2, 0.25) is 0 Å². The smallest absolute Gasteiger partial charge is 0.309 e. The molecule has 1 saturated carbocycles. The van der Waals surface area contributed by atoms with Crippen molar-refractivity contribution in [3.05, 3.63) is 0 Å². The fraction of sp³-hybridized carbons (Fsp3) is 0.929. The Labute approximate surface area is 106 Å². The summed E-state index contributed by atoms with van der Waals surface area (Å²) in [4.78, 5) is 13.8. The van der Waals surface area contributed by atoms with Crippen LogP contribution in [0.3, 0.4) is 0 Å². The van der Waals surface area contributed by atoms with Crippen molar-refractivity contribution in [2.24, 2.45) is 11.8 Å². The molecule has 1 aliphatic rings. The van der Waals surface area contributed by atoms with Gasteiger partial charge in [0.1, 0.15) is 0 Å². The minimum absolute atomic E-state index is 0.0476. The molecular weight excluding hydrogens is 214 g/mol. The first-order chi connectivity index (χ1) is 8.06. The molecule has 17 heavy (non-hydrogen) atoms. The number of hydrogen-bond acceptors (Lipinski definition) is 3. The van der Waals surface area contributed by atoms with Gasteiger partial charge in [0.05, 0.1) is 13.0 Å². The number of ether oxygens (including phenoxy) is 1. The first-order valence-electron chi connectivity index (χ1n) is 6.84. The number of nitrogens with zero attached hydrogens (tertiary/aromatic N) is 1. The van der Waals surface area contributed by atoms with E-state index in [1.54, 1.807) is 0 Å². The second-order valence-electron chi connectivity index (χ2n) is 5.50. The second-order valence-corrected chi connectivity index (χ2v) is 5.50. The summed E-state index contributed by atoms with van der Waals surface area (Å²) in [7, 11) is 3.59. The average molecular weight is 241 g/mol. The molecule has 2 unspecified atom stereocenters. The van der Waals surface area contributed by atoms with Crippen LogP contribution in [-0.2, 0) is 9.53 Å². The van der Waals surface area contributed by atoms with Crippen LogP contribution in [0.2, 0.25) is 0 Å². The third kappa shape index (κ3) is 4.30. The SMILES string of the molecule is COC(=O)C(C)C(C)N(C)CC1CCCCC1. The van der Waals surface area contributed by atoms with Crippen molar-refractivity contribution in [2.45, 2.75) is 52.0 Å². The molecule has 0 bridgehead atoms. The number of rotatable bonds is 5. The van der Waals surface area contributed by atoms with E-state index in [2.05, 4.69) is 18.9 Å². The van der Waals surface area contributed by atoms with Gasteiger partial charge in [-0.05, 0) is 32.7 Å². The monoisotopic (exact) mass is 241 g/mol. The first-order valence-corrected chi connectivity index (χ1v) is 6.84. The molecule has 0 heterocycles. The lowest BCUT2D eigenvalue weighted by molar-refractivity contribution is -0.146. The highest BCUT2D eigenvalue weighted by atomic mass is 16.5. The predicted molar refractivity (Wildman–Crippen MR) is 69.8 cm³/mol. The zero-order chi connectivity index (χ0) is 12.8. The minimum Gasteiger partial charge on any atom is -0.469 e. The fourth-order valence-corrected chi connectivity index (χ4v) is 2.71. The van der Waals surface area contributed by atoms with E-state index in [4.69, 9.17) is 4.74 Å². The summed E-state index contributed by atoms with van der Waals surface area (Å²) in [5.41, 5.74) is 0. The maximum atomic E-state index is 11.5. The van der Waals surface area contributed by atoms with E-state index in [0.717, 1.165) is 12.5 Å². The molecule has 1 fully saturated rings. The Bertz CT molecular complexity index is 236. The second kappa shape index (κ2) is 7.00. The first kappa shape index (κ1) is 14.5. The lowest BCUT2D eigenvalue weighted by atomic mass is 9.88. The van der Waals surface area contributed by atoms with Gasteiger partial charge in [-0.1, -0.05) is 26.2 Å². The Balaban J connectivity index is 2.39. The van der Waals surface area contributed by atoms with Crippen LogP contribution in [0.4, 0.5) is 0 Å². The minimum atomic E-state index is -0.104. The van der Waals surface area contributed by atoms with E-state index in [0.29, 0.717) is 0 Å². The Morgan fingerprint density at radius 2 is 1.88 bits per heavy atom. The van der Waals surface area contributed by atoms with E-state index >= 15 is 0 Å². The third-order valence-corrected chi connectivity index (χ3v) is 4.26. The molecule has 0 amide bonds. The highest BCUT2D eigenvalue weighted by Gasteiger charge is 2.26. The van der Waals surface area contributed by atoms with Crippen molar-refractivity contribution in [3.63, 3.8) is 0 Å². The Morgan fingerprint density at radius 1 is 1.29 bits per heavy atom. The molecule has 0 radical (unpaired) electrons. The number of carbonyl (C=O) groups excluding carboxylic acids is 1. The van der Waals surface area contributed by atoms with Crippen molar-refractivity contribution >= 4 is 5.97 Å². The van der Waals surface area contributed by atoms with Crippen molar-refractivity contribution in [2.75, 3.05) is 20.7 Å². The van der Waals surface area contributed by atoms with Crippen molar-refractivity contribution < 1.29 is 9.53 Å². The van der Waals surface area contributed by atoms with Crippen molar-refractivity contribution in [1.29, 1.82) is 0 Å². The summed E-state index contributed by atoms with van der Waals surface area (Å²) in [6.45, 7) is 5.18. The number of methoxy groups -OCH3 is 1. The van der Waals surface area contributed by atoms with Crippen molar-refractivity contribution in [3.8, 4) is 0 Å².